The molecule has 0 bridgehead atoms. The predicted molar refractivity (Wildman–Crippen MR) is 189 cm³/mol. The molecule has 8 aromatic rings. The maximum Gasteiger partial charge on any atom is 0.161 e. The van der Waals surface area contributed by atoms with E-state index in [0.29, 0.717) is 5.82 Å². The van der Waals surface area contributed by atoms with Gasteiger partial charge >= 0.3 is 0 Å². The van der Waals surface area contributed by atoms with E-state index in [2.05, 4.69) is 111 Å². The van der Waals surface area contributed by atoms with Gasteiger partial charge in [-0.3, -0.25) is 0 Å². The van der Waals surface area contributed by atoms with Gasteiger partial charge in [0.2, 0.25) is 0 Å². The highest BCUT2D eigenvalue weighted by atomic mass is 16.3. The molecule has 9 rings (SSSR count). The van der Waals surface area contributed by atoms with Crippen molar-refractivity contribution in [2.24, 2.45) is 0 Å². The summed E-state index contributed by atoms with van der Waals surface area (Å²) in [4.78, 5) is 10.3. The molecule has 0 saturated carbocycles. The van der Waals surface area contributed by atoms with Crippen molar-refractivity contribution in [3.05, 3.63) is 157 Å². The zero-order chi connectivity index (χ0) is 30.8. The number of para-hydroxylation sites is 1. The number of rotatable bonds is 4. The minimum Gasteiger partial charge on any atom is -0.455 e. The van der Waals surface area contributed by atoms with E-state index >= 15 is 0 Å². The van der Waals surface area contributed by atoms with Crippen molar-refractivity contribution in [1.82, 2.24) is 9.97 Å². The van der Waals surface area contributed by atoms with Gasteiger partial charge in [-0.15, -0.1) is 0 Å². The molecule has 0 fully saturated rings. The Hall–Kier alpha value is -5.80. The van der Waals surface area contributed by atoms with Crippen LogP contribution < -0.4 is 0 Å². The first-order valence-electron chi connectivity index (χ1n) is 15.8. The summed E-state index contributed by atoms with van der Waals surface area (Å²) in [6.07, 6.45) is 0. The molecule has 0 N–H and O–H groups in total. The van der Waals surface area contributed by atoms with Gasteiger partial charge in [-0.05, 0) is 58.1 Å². The zero-order valence-electron chi connectivity index (χ0n) is 25.7. The normalized spacial score (nSPS) is 13.2. The van der Waals surface area contributed by atoms with E-state index in [1.54, 1.807) is 0 Å². The first-order valence-corrected chi connectivity index (χ1v) is 15.8. The topological polar surface area (TPSA) is 38.9 Å². The van der Waals surface area contributed by atoms with Crippen LogP contribution in [0.5, 0.6) is 0 Å². The van der Waals surface area contributed by atoms with Crippen molar-refractivity contribution in [1.29, 1.82) is 0 Å². The Bertz CT molecular complexity index is 2380. The summed E-state index contributed by atoms with van der Waals surface area (Å²) in [6.45, 7) is 4.64. The average Bonchev–Trinajstić information content (AvgIpc) is 3.61. The molecule has 218 valence electrons. The van der Waals surface area contributed by atoms with Crippen LogP contribution in [0.4, 0.5) is 0 Å². The second kappa shape index (κ2) is 10.1. The van der Waals surface area contributed by atoms with Crippen LogP contribution in [0.2, 0.25) is 0 Å². The van der Waals surface area contributed by atoms with Crippen LogP contribution in [0.3, 0.4) is 0 Å². The maximum atomic E-state index is 6.71. The van der Waals surface area contributed by atoms with Gasteiger partial charge in [0.15, 0.2) is 5.82 Å². The van der Waals surface area contributed by atoms with Gasteiger partial charge in [-0.2, -0.15) is 0 Å². The molecule has 0 radical (unpaired) electrons. The molecule has 1 aliphatic rings. The molecule has 0 unspecified atom stereocenters. The third kappa shape index (κ3) is 4.05. The van der Waals surface area contributed by atoms with E-state index in [1.165, 1.54) is 22.3 Å². The quantitative estimate of drug-likeness (QED) is 0.205. The second-order valence-electron chi connectivity index (χ2n) is 12.6. The van der Waals surface area contributed by atoms with Gasteiger partial charge in [0.05, 0.1) is 11.4 Å². The highest BCUT2D eigenvalue weighted by Crippen LogP contribution is 2.50. The van der Waals surface area contributed by atoms with Crippen molar-refractivity contribution in [2.75, 3.05) is 0 Å². The van der Waals surface area contributed by atoms with Gasteiger partial charge < -0.3 is 4.42 Å². The van der Waals surface area contributed by atoms with Crippen LogP contribution in [0.1, 0.15) is 25.0 Å². The number of nitrogens with zero attached hydrogens (tertiary/aromatic N) is 2. The minimum atomic E-state index is -0.0889. The largest absolute Gasteiger partial charge is 0.455 e. The molecule has 3 heteroatoms. The number of furan rings is 1. The molecule has 46 heavy (non-hydrogen) atoms. The van der Waals surface area contributed by atoms with E-state index in [-0.39, 0.29) is 5.41 Å². The highest BCUT2D eigenvalue weighted by molar-refractivity contribution is 6.16. The molecule has 1 aliphatic carbocycles. The van der Waals surface area contributed by atoms with Crippen LogP contribution in [-0.2, 0) is 5.41 Å². The first kappa shape index (κ1) is 26.6. The van der Waals surface area contributed by atoms with Crippen molar-refractivity contribution in [2.45, 2.75) is 19.3 Å². The Morgan fingerprint density at radius 2 is 1.07 bits per heavy atom. The first-order chi connectivity index (χ1) is 22.6. The third-order valence-electron chi connectivity index (χ3n) is 9.53. The Kier molecular flexibility index (Phi) is 5.85. The van der Waals surface area contributed by atoms with E-state index in [9.17, 15) is 0 Å². The zero-order valence-corrected chi connectivity index (χ0v) is 25.7. The Morgan fingerprint density at radius 3 is 1.80 bits per heavy atom. The van der Waals surface area contributed by atoms with Gasteiger partial charge in [0, 0.05) is 38.4 Å². The summed E-state index contributed by atoms with van der Waals surface area (Å²) in [6, 6.07) is 51.0. The fourth-order valence-electron chi connectivity index (χ4n) is 7.19. The molecule has 0 amide bonds. The predicted octanol–water partition coefficient (Wildman–Crippen LogP) is 11.4. The van der Waals surface area contributed by atoms with Gasteiger partial charge in [0.1, 0.15) is 11.2 Å². The number of benzene rings is 6. The van der Waals surface area contributed by atoms with Crippen LogP contribution >= 0.6 is 0 Å². The number of hydrogen-bond donors (Lipinski definition) is 0. The molecule has 0 spiro atoms. The highest BCUT2D eigenvalue weighted by Gasteiger charge is 2.35. The summed E-state index contributed by atoms with van der Waals surface area (Å²) >= 11 is 0. The van der Waals surface area contributed by atoms with E-state index < -0.39 is 0 Å². The molecule has 2 aromatic heterocycles. The lowest BCUT2D eigenvalue weighted by molar-refractivity contribution is 0.660. The fraction of sp³-hybridized carbons (Fsp3) is 0.0698. The fourth-order valence-corrected chi connectivity index (χ4v) is 7.19. The number of aromatic nitrogens is 2. The Labute approximate surface area is 267 Å². The molecular formula is C43H30N2O. The Balaban J connectivity index is 1.28. The van der Waals surface area contributed by atoms with Crippen molar-refractivity contribution < 1.29 is 4.42 Å². The van der Waals surface area contributed by atoms with E-state index in [4.69, 9.17) is 14.4 Å². The third-order valence-corrected chi connectivity index (χ3v) is 9.53. The van der Waals surface area contributed by atoms with Crippen molar-refractivity contribution >= 4 is 21.9 Å². The SMILES string of the molecule is CC1(C)c2ccccc2-c2ccc(-c3ccc(-c4nc(-c5ccccc5)cc(-c5ccccc5)n4)c4c3oc3ccccc34)cc21. The summed E-state index contributed by atoms with van der Waals surface area (Å²) < 4.78 is 6.71. The molecule has 2 heterocycles. The van der Waals surface area contributed by atoms with Crippen LogP contribution in [0.15, 0.2) is 150 Å². The standard InChI is InChI=1S/C43H30N2O/c1-43(2)35-19-11-9-17-31(35)32-22-21-29(25-36(32)43)30-23-24-34(40-33-18-10-12-20-39(33)46-41(30)40)42-44-37(27-13-5-3-6-14-27)26-38(45-42)28-15-7-4-8-16-28/h3-26H,1-2H3. The second-order valence-corrected chi connectivity index (χ2v) is 12.6. The summed E-state index contributed by atoms with van der Waals surface area (Å²) in [5, 5.41) is 2.08. The molecule has 3 nitrogen and oxygen atoms in total. The summed E-state index contributed by atoms with van der Waals surface area (Å²) in [5.41, 5.74) is 14.0. The van der Waals surface area contributed by atoms with Crippen molar-refractivity contribution in [3.8, 4) is 56.2 Å². The maximum absolute atomic E-state index is 6.71. The van der Waals surface area contributed by atoms with Crippen LogP contribution in [0, 0.1) is 0 Å². The summed E-state index contributed by atoms with van der Waals surface area (Å²) in [7, 11) is 0. The lowest BCUT2D eigenvalue weighted by atomic mass is 9.81. The van der Waals surface area contributed by atoms with E-state index in [0.717, 1.165) is 61.1 Å². The number of hydrogen-bond acceptors (Lipinski definition) is 3. The molecule has 6 aromatic carbocycles. The average molecular weight is 591 g/mol. The number of fused-ring (bicyclic) bond motifs is 6. The van der Waals surface area contributed by atoms with Crippen LogP contribution in [-0.4, -0.2) is 9.97 Å². The molecule has 0 atom stereocenters. The van der Waals surface area contributed by atoms with Crippen LogP contribution in [0.25, 0.3) is 78.1 Å². The van der Waals surface area contributed by atoms with Crippen molar-refractivity contribution in [3.63, 3.8) is 0 Å². The monoisotopic (exact) mass is 590 g/mol. The van der Waals surface area contributed by atoms with Gasteiger partial charge in [-0.1, -0.05) is 129 Å². The Morgan fingerprint density at radius 1 is 0.478 bits per heavy atom. The smallest absolute Gasteiger partial charge is 0.161 e. The molecule has 0 saturated heterocycles. The van der Waals surface area contributed by atoms with E-state index in [1.807, 2.05) is 48.5 Å². The molecular weight excluding hydrogens is 560 g/mol. The summed E-state index contributed by atoms with van der Waals surface area (Å²) in [5.74, 6) is 0.675. The minimum absolute atomic E-state index is 0.0889. The van der Waals surface area contributed by atoms with Gasteiger partial charge in [0.25, 0.3) is 0 Å². The lowest BCUT2D eigenvalue weighted by Crippen LogP contribution is -2.14. The van der Waals surface area contributed by atoms with Gasteiger partial charge in [-0.25, -0.2) is 9.97 Å². The lowest BCUT2D eigenvalue weighted by Gasteiger charge is -2.22. The molecule has 0 aliphatic heterocycles.